The molecule has 1 fully saturated rings. The number of hydrogen-bond acceptors (Lipinski definition) is 3. The average Bonchev–Trinajstić information content (AvgIpc) is 2.41. The van der Waals surface area contributed by atoms with E-state index in [-0.39, 0.29) is 12.0 Å². The minimum atomic E-state index is -0.247. The number of aliphatic hydroxyl groups is 1. The van der Waals surface area contributed by atoms with Crippen molar-refractivity contribution in [3.8, 4) is 0 Å². The Morgan fingerprint density at radius 2 is 2.25 bits per heavy atom. The number of benzene rings is 1. The van der Waals surface area contributed by atoms with Gasteiger partial charge in [-0.2, -0.15) is 0 Å². The molecule has 2 rings (SSSR count). The Morgan fingerprint density at radius 3 is 2.95 bits per heavy atom. The Hall–Kier alpha value is -1.39. The average molecular weight is 276 g/mol. The van der Waals surface area contributed by atoms with Crippen LogP contribution in [0.5, 0.6) is 0 Å². The van der Waals surface area contributed by atoms with Crippen molar-refractivity contribution in [2.45, 2.75) is 39.3 Å². The summed E-state index contributed by atoms with van der Waals surface area (Å²) in [6.07, 6.45) is 1.97. The number of carbonyl (C=O) groups is 1. The molecule has 4 heteroatoms. The lowest BCUT2D eigenvalue weighted by molar-refractivity contribution is -0.114. The number of rotatable bonds is 4. The first kappa shape index (κ1) is 15.0. The molecule has 1 aliphatic heterocycles. The molecule has 1 aromatic rings. The SMILES string of the molecule is CC(=O)Nc1ccccc1CN1CCC[C@@H]([C@@H](C)O)C1. The molecule has 4 nitrogen and oxygen atoms in total. The second-order valence-corrected chi connectivity index (χ2v) is 5.72. The predicted molar refractivity (Wildman–Crippen MR) is 80.4 cm³/mol. The van der Waals surface area contributed by atoms with Crippen LogP contribution in [-0.2, 0) is 11.3 Å². The van der Waals surface area contributed by atoms with Crippen molar-refractivity contribution in [3.63, 3.8) is 0 Å². The van der Waals surface area contributed by atoms with Crippen LogP contribution in [0.3, 0.4) is 0 Å². The van der Waals surface area contributed by atoms with Gasteiger partial charge in [-0.3, -0.25) is 9.69 Å². The molecule has 1 heterocycles. The number of piperidine rings is 1. The highest BCUT2D eigenvalue weighted by Gasteiger charge is 2.23. The maximum atomic E-state index is 11.2. The number of nitrogens with one attached hydrogen (secondary N) is 1. The zero-order valence-corrected chi connectivity index (χ0v) is 12.3. The molecule has 0 unspecified atom stereocenters. The van der Waals surface area contributed by atoms with E-state index in [9.17, 15) is 9.90 Å². The predicted octanol–water partition coefficient (Wildman–Crippen LogP) is 2.24. The van der Waals surface area contributed by atoms with E-state index in [2.05, 4.69) is 16.3 Å². The third-order valence-corrected chi connectivity index (χ3v) is 3.95. The lowest BCUT2D eigenvalue weighted by Gasteiger charge is -2.34. The standard InChI is InChI=1S/C16H24N2O2/c1-12(19)14-7-5-9-18(10-14)11-15-6-3-4-8-16(15)17-13(2)20/h3-4,6,8,12,14,19H,5,7,9-11H2,1-2H3,(H,17,20)/t12-,14-/m1/s1. The molecule has 0 spiro atoms. The molecule has 0 radical (unpaired) electrons. The van der Waals surface area contributed by atoms with Crippen LogP contribution in [0.1, 0.15) is 32.3 Å². The van der Waals surface area contributed by atoms with Crippen molar-refractivity contribution in [1.82, 2.24) is 4.90 Å². The van der Waals surface area contributed by atoms with Gasteiger partial charge in [-0.15, -0.1) is 0 Å². The van der Waals surface area contributed by atoms with Crippen LogP contribution in [0, 0.1) is 5.92 Å². The number of para-hydroxylation sites is 1. The summed E-state index contributed by atoms with van der Waals surface area (Å²) in [6, 6.07) is 7.92. The maximum absolute atomic E-state index is 11.2. The van der Waals surface area contributed by atoms with Gasteiger partial charge in [0, 0.05) is 25.7 Å². The molecule has 0 saturated carbocycles. The quantitative estimate of drug-likeness (QED) is 0.886. The van der Waals surface area contributed by atoms with Gasteiger partial charge in [0.05, 0.1) is 6.10 Å². The van der Waals surface area contributed by atoms with E-state index in [4.69, 9.17) is 0 Å². The summed E-state index contributed by atoms with van der Waals surface area (Å²) in [5, 5.41) is 12.6. The van der Waals surface area contributed by atoms with Gasteiger partial charge >= 0.3 is 0 Å². The summed E-state index contributed by atoms with van der Waals surface area (Å²) in [5.74, 6) is 0.314. The van der Waals surface area contributed by atoms with E-state index < -0.39 is 0 Å². The third-order valence-electron chi connectivity index (χ3n) is 3.95. The monoisotopic (exact) mass is 276 g/mol. The highest BCUT2D eigenvalue weighted by molar-refractivity contribution is 5.89. The number of likely N-dealkylation sites (tertiary alicyclic amines) is 1. The van der Waals surface area contributed by atoms with Gasteiger partial charge in [-0.1, -0.05) is 18.2 Å². The Labute approximate surface area is 120 Å². The van der Waals surface area contributed by atoms with E-state index in [1.807, 2.05) is 25.1 Å². The summed E-state index contributed by atoms with van der Waals surface area (Å²) < 4.78 is 0. The fraction of sp³-hybridized carbons (Fsp3) is 0.562. The summed E-state index contributed by atoms with van der Waals surface area (Å²) >= 11 is 0. The van der Waals surface area contributed by atoms with Crippen LogP contribution in [0.25, 0.3) is 0 Å². The second kappa shape index (κ2) is 6.86. The van der Waals surface area contributed by atoms with Crippen molar-refractivity contribution in [1.29, 1.82) is 0 Å². The number of anilines is 1. The van der Waals surface area contributed by atoms with Crippen molar-refractivity contribution < 1.29 is 9.90 Å². The Balaban J connectivity index is 2.04. The van der Waals surface area contributed by atoms with Gasteiger partial charge in [0.25, 0.3) is 0 Å². The molecule has 1 aromatic carbocycles. The van der Waals surface area contributed by atoms with E-state index in [1.165, 1.54) is 6.92 Å². The molecular weight excluding hydrogens is 252 g/mol. The van der Waals surface area contributed by atoms with Crippen LogP contribution in [-0.4, -0.2) is 35.1 Å². The number of amides is 1. The Kier molecular flexibility index (Phi) is 5.15. The van der Waals surface area contributed by atoms with E-state index in [0.29, 0.717) is 5.92 Å². The molecule has 2 N–H and O–H groups in total. The molecule has 110 valence electrons. The molecule has 0 bridgehead atoms. The van der Waals surface area contributed by atoms with Crippen LogP contribution in [0.2, 0.25) is 0 Å². The minimum absolute atomic E-state index is 0.0436. The second-order valence-electron chi connectivity index (χ2n) is 5.72. The first-order chi connectivity index (χ1) is 9.56. The van der Waals surface area contributed by atoms with Crippen LogP contribution in [0.15, 0.2) is 24.3 Å². The third kappa shape index (κ3) is 4.05. The zero-order valence-electron chi connectivity index (χ0n) is 12.3. The lowest BCUT2D eigenvalue weighted by Crippen LogP contribution is -2.39. The molecule has 2 atom stereocenters. The van der Waals surface area contributed by atoms with Crippen LogP contribution in [0.4, 0.5) is 5.69 Å². The molecule has 20 heavy (non-hydrogen) atoms. The lowest BCUT2D eigenvalue weighted by atomic mass is 9.93. The van der Waals surface area contributed by atoms with E-state index in [0.717, 1.165) is 43.7 Å². The van der Waals surface area contributed by atoms with Gasteiger partial charge in [0.2, 0.25) is 5.91 Å². The minimum Gasteiger partial charge on any atom is -0.393 e. The largest absolute Gasteiger partial charge is 0.393 e. The molecule has 0 aliphatic carbocycles. The molecular formula is C16H24N2O2. The van der Waals surface area contributed by atoms with Crippen LogP contribution < -0.4 is 5.32 Å². The summed E-state index contributed by atoms with van der Waals surface area (Å²) in [5.41, 5.74) is 2.02. The van der Waals surface area contributed by atoms with Crippen molar-refractivity contribution in [2.75, 3.05) is 18.4 Å². The fourth-order valence-corrected chi connectivity index (χ4v) is 2.84. The molecule has 1 amide bonds. The summed E-state index contributed by atoms with van der Waals surface area (Å²) in [7, 11) is 0. The summed E-state index contributed by atoms with van der Waals surface area (Å²) in [6.45, 7) is 6.20. The van der Waals surface area contributed by atoms with Gasteiger partial charge in [0.1, 0.15) is 0 Å². The normalized spacial score (nSPS) is 21.4. The first-order valence-electron chi connectivity index (χ1n) is 7.32. The summed E-state index contributed by atoms with van der Waals surface area (Å²) in [4.78, 5) is 13.6. The van der Waals surface area contributed by atoms with E-state index >= 15 is 0 Å². The fourth-order valence-electron chi connectivity index (χ4n) is 2.84. The van der Waals surface area contributed by atoms with Crippen molar-refractivity contribution in [3.05, 3.63) is 29.8 Å². The van der Waals surface area contributed by atoms with Gasteiger partial charge in [0.15, 0.2) is 0 Å². The van der Waals surface area contributed by atoms with Crippen LogP contribution >= 0.6 is 0 Å². The number of carbonyl (C=O) groups excluding carboxylic acids is 1. The molecule has 1 aliphatic rings. The maximum Gasteiger partial charge on any atom is 0.221 e. The van der Waals surface area contributed by atoms with Gasteiger partial charge in [-0.05, 0) is 43.9 Å². The topological polar surface area (TPSA) is 52.6 Å². The van der Waals surface area contributed by atoms with E-state index in [1.54, 1.807) is 0 Å². The highest BCUT2D eigenvalue weighted by Crippen LogP contribution is 2.23. The number of hydrogen-bond donors (Lipinski definition) is 2. The number of aliphatic hydroxyl groups excluding tert-OH is 1. The molecule has 0 aromatic heterocycles. The van der Waals surface area contributed by atoms with Crippen molar-refractivity contribution in [2.24, 2.45) is 5.92 Å². The first-order valence-corrected chi connectivity index (χ1v) is 7.32. The smallest absolute Gasteiger partial charge is 0.221 e. The van der Waals surface area contributed by atoms with Gasteiger partial charge < -0.3 is 10.4 Å². The number of nitrogens with zero attached hydrogens (tertiary/aromatic N) is 1. The highest BCUT2D eigenvalue weighted by atomic mass is 16.3. The van der Waals surface area contributed by atoms with Gasteiger partial charge in [-0.25, -0.2) is 0 Å². The zero-order chi connectivity index (χ0) is 14.5. The molecule has 1 saturated heterocycles. The van der Waals surface area contributed by atoms with Crippen molar-refractivity contribution >= 4 is 11.6 Å². The Morgan fingerprint density at radius 1 is 1.50 bits per heavy atom. The Bertz CT molecular complexity index is 460.